The molecule has 2 aromatic rings. The van der Waals surface area contributed by atoms with Crippen LogP contribution in [0.2, 0.25) is 5.15 Å². The van der Waals surface area contributed by atoms with Crippen LogP contribution in [0.15, 0.2) is 16.6 Å². The molecular weight excluding hydrogens is 286 g/mol. The van der Waals surface area contributed by atoms with Gasteiger partial charge in [0.25, 0.3) is 0 Å². The topological polar surface area (TPSA) is 35.0 Å². The van der Waals surface area contributed by atoms with E-state index >= 15 is 0 Å². The average molecular weight is 292 g/mol. The largest absolute Gasteiger partial charge is 0.467 e. The number of aromatic nitrogens is 2. The number of halogens is 3. The maximum atomic E-state index is 13.5. The molecule has 0 aliphatic rings. The summed E-state index contributed by atoms with van der Waals surface area (Å²) in [5.74, 6) is -0.470. The molecule has 0 N–H and O–H groups in total. The van der Waals surface area contributed by atoms with Crippen LogP contribution in [-0.4, -0.2) is 17.1 Å². The lowest BCUT2D eigenvalue weighted by atomic mass is 10.2. The number of hydrogen-bond acceptors (Lipinski definition) is 3. The second-order valence-corrected chi connectivity index (χ2v) is 4.06. The summed E-state index contributed by atoms with van der Waals surface area (Å²) in [5.41, 5.74) is 0.148. The minimum Gasteiger partial charge on any atom is -0.467 e. The van der Waals surface area contributed by atoms with E-state index in [9.17, 15) is 4.39 Å². The van der Waals surface area contributed by atoms with E-state index in [0.29, 0.717) is 9.86 Å². The number of fused-ring (bicyclic) bond motifs is 1. The maximum absolute atomic E-state index is 13.5. The van der Waals surface area contributed by atoms with Gasteiger partial charge in [0.2, 0.25) is 0 Å². The van der Waals surface area contributed by atoms with Crippen molar-refractivity contribution in [2.75, 3.05) is 7.11 Å². The van der Waals surface area contributed by atoms with Crippen LogP contribution in [0.4, 0.5) is 4.39 Å². The molecule has 78 valence electrons. The van der Waals surface area contributed by atoms with E-state index in [1.807, 2.05) is 0 Å². The van der Waals surface area contributed by atoms with E-state index < -0.39 is 5.82 Å². The van der Waals surface area contributed by atoms with E-state index in [1.54, 1.807) is 6.07 Å². The molecule has 3 nitrogen and oxygen atoms in total. The first-order valence-corrected chi connectivity index (χ1v) is 5.15. The fourth-order valence-electron chi connectivity index (χ4n) is 1.19. The zero-order valence-corrected chi connectivity index (χ0v) is 9.93. The van der Waals surface area contributed by atoms with Crippen LogP contribution in [0.5, 0.6) is 6.01 Å². The quantitative estimate of drug-likeness (QED) is 0.757. The van der Waals surface area contributed by atoms with E-state index in [0.717, 1.165) is 0 Å². The van der Waals surface area contributed by atoms with Gasteiger partial charge in [-0.3, -0.25) is 0 Å². The Bertz CT molecular complexity index is 535. The van der Waals surface area contributed by atoms with Crippen molar-refractivity contribution in [1.29, 1.82) is 0 Å². The van der Waals surface area contributed by atoms with Crippen molar-refractivity contribution in [2.45, 2.75) is 0 Å². The Kier molecular flexibility index (Phi) is 2.75. The summed E-state index contributed by atoms with van der Waals surface area (Å²) in [6.07, 6.45) is 0. The molecule has 0 saturated carbocycles. The molecule has 2 rings (SSSR count). The van der Waals surface area contributed by atoms with Gasteiger partial charge < -0.3 is 4.74 Å². The Morgan fingerprint density at radius 2 is 2.13 bits per heavy atom. The number of hydrogen-bond donors (Lipinski definition) is 0. The first-order valence-electron chi connectivity index (χ1n) is 3.98. The van der Waals surface area contributed by atoms with Crippen molar-refractivity contribution in [3.05, 3.63) is 27.6 Å². The second-order valence-electron chi connectivity index (χ2n) is 2.78. The fourth-order valence-corrected chi connectivity index (χ4v) is 1.84. The van der Waals surface area contributed by atoms with E-state index in [2.05, 4.69) is 25.9 Å². The average Bonchev–Trinajstić information content (AvgIpc) is 2.19. The van der Waals surface area contributed by atoms with Gasteiger partial charge in [-0.1, -0.05) is 27.5 Å². The number of nitrogens with zero attached hydrogens (tertiary/aromatic N) is 2. The van der Waals surface area contributed by atoms with Crippen LogP contribution in [0.1, 0.15) is 0 Å². The van der Waals surface area contributed by atoms with Crippen LogP contribution in [0.25, 0.3) is 10.9 Å². The summed E-state index contributed by atoms with van der Waals surface area (Å²) in [4.78, 5) is 7.73. The van der Waals surface area contributed by atoms with E-state index in [4.69, 9.17) is 16.3 Å². The van der Waals surface area contributed by atoms with Gasteiger partial charge >= 0.3 is 6.01 Å². The van der Waals surface area contributed by atoms with Crippen molar-refractivity contribution in [2.24, 2.45) is 0 Å². The Morgan fingerprint density at radius 3 is 2.80 bits per heavy atom. The maximum Gasteiger partial charge on any atom is 0.318 e. The summed E-state index contributed by atoms with van der Waals surface area (Å²) in [7, 11) is 1.40. The van der Waals surface area contributed by atoms with Gasteiger partial charge in [-0.05, 0) is 12.1 Å². The Morgan fingerprint density at radius 1 is 1.40 bits per heavy atom. The molecule has 0 aliphatic carbocycles. The number of benzene rings is 1. The van der Waals surface area contributed by atoms with Crippen molar-refractivity contribution < 1.29 is 9.13 Å². The molecule has 0 spiro atoms. The minimum absolute atomic E-state index is 0.0497. The Labute approximate surface area is 98.4 Å². The first kappa shape index (κ1) is 10.6. The van der Waals surface area contributed by atoms with Crippen molar-refractivity contribution in [3.63, 3.8) is 0 Å². The van der Waals surface area contributed by atoms with Gasteiger partial charge in [0.1, 0.15) is 10.7 Å². The first-order chi connectivity index (χ1) is 7.11. The van der Waals surface area contributed by atoms with E-state index in [-0.39, 0.29) is 16.7 Å². The lowest BCUT2D eigenvalue weighted by molar-refractivity contribution is 0.381. The number of methoxy groups -OCH3 is 1. The van der Waals surface area contributed by atoms with E-state index in [1.165, 1.54) is 13.2 Å². The van der Waals surface area contributed by atoms with Gasteiger partial charge in [0, 0.05) is 9.86 Å². The Balaban J connectivity index is 2.85. The molecule has 0 saturated heterocycles. The standard InChI is InChI=1S/C9H5BrClFN2O/c1-15-9-13-7-5(8(11)14-9)2-4(10)3-6(7)12/h2-3H,1H3. The SMILES string of the molecule is COc1nc(Cl)c2cc(Br)cc(F)c2n1. The highest BCUT2D eigenvalue weighted by Gasteiger charge is 2.11. The highest BCUT2D eigenvalue weighted by molar-refractivity contribution is 9.10. The van der Waals surface area contributed by atoms with Crippen LogP contribution in [-0.2, 0) is 0 Å². The molecule has 0 bridgehead atoms. The highest BCUT2D eigenvalue weighted by atomic mass is 79.9. The zero-order valence-electron chi connectivity index (χ0n) is 7.59. The van der Waals surface area contributed by atoms with Crippen molar-refractivity contribution >= 4 is 38.4 Å². The third kappa shape index (κ3) is 1.89. The van der Waals surface area contributed by atoms with Gasteiger partial charge in [-0.2, -0.15) is 9.97 Å². The predicted molar refractivity (Wildman–Crippen MR) is 58.8 cm³/mol. The molecule has 0 amide bonds. The van der Waals surface area contributed by atoms with Crippen LogP contribution >= 0.6 is 27.5 Å². The third-order valence-corrected chi connectivity index (χ3v) is 2.58. The molecule has 0 atom stereocenters. The molecule has 15 heavy (non-hydrogen) atoms. The molecule has 1 aromatic carbocycles. The molecular formula is C9H5BrClFN2O. The van der Waals surface area contributed by atoms with Crippen LogP contribution < -0.4 is 4.74 Å². The smallest absolute Gasteiger partial charge is 0.318 e. The van der Waals surface area contributed by atoms with Gasteiger partial charge in [0.15, 0.2) is 5.82 Å². The van der Waals surface area contributed by atoms with Gasteiger partial charge in [-0.15, -0.1) is 0 Å². The van der Waals surface area contributed by atoms with Crippen molar-refractivity contribution in [1.82, 2.24) is 9.97 Å². The Hall–Kier alpha value is -0.940. The lowest BCUT2D eigenvalue weighted by Crippen LogP contribution is -1.95. The monoisotopic (exact) mass is 290 g/mol. The third-order valence-electron chi connectivity index (χ3n) is 1.83. The van der Waals surface area contributed by atoms with Crippen LogP contribution in [0, 0.1) is 5.82 Å². The van der Waals surface area contributed by atoms with Gasteiger partial charge in [0.05, 0.1) is 7.11 Å². The molecule has 6 heteroatoms. The van der Waals surface area contributed by atoms with Gasteiger partial charge in [-0.25, -0.2) is 4.39 Å². The summed E-state index contributed by atoms with van der Waals surface area (Å²) < 4.78 is 18.9. The van der Waals surface area contributed by atoms with Crippen molar-refractivity contribution in [3.8, 4) is 6.01 Å². The summed E-state index contributed by atoms with van der Waals surface area (Å²) in [6, 6.07) is 3.01. The number of ether oxygens (including phenoxy) is 1. The molecule has 0 radical (unpaired) electrons. The van der Waals surface area contributed by atoms with Crippen LogP contribution in [0.3, 0.4) is 0 Å². The minimum atomic E-state index is -0.470. The number of rotatable bonds is 1. The summed E-state index contributed by atoms with van der Waals surface area (Å²) in [6.45, 7) is 0. The molecule has 0 aliphatic heterocycles. The molecule has 0 unspecified atom stereocenters. The predicted octanol–water partition coefficient (Wildman–Crippen LogP) is 3.19. The normalized spacial score (nSPS) is 10.7. The highest BCUT2D eigenvalue weighted by Crippen LogP contribution is 2.28. The summed E-state index contributed by atoms with van der Waals surface area (Å²) >= 11 is 9.03. The molecule has 1 heterocycles. The second kappa shape index (κ2) is 3.90. The molecule has 0 fully saturated rings. The fraction of sp³-hybridized carbons (Fsp3) is 0.111. The molecule has 1 aromatic heterocycles. The lowest BCUT2D eigenvalue weighted by Gasteiger charge is -2.04. The zero-order chi connectivity index (χ0) is 11.0. The summed E-state index contributed by atoms with van der Waals surface area (Å²) in [5, 5.41) is 0.612.